The molecule has 0 bridgehead atoms. The van der Waals surface area contributed by atoms with Gasteiger partial charge in [0.25, 0.3) is 5.91 Å². The summed E-state index contributed by atoms with van der Waals surface area (Å²) in [6, 6.07) is 4.82. The van der Waals surface area contributed by atoms with Crippen LogP contribution < -0.4 is 10.6 Å². The molecule has 0 atom stereocenters. The van der Waals surface area contributed by atoms with Crippen LogP contribution in [0.2, 0.25) is 0 Å². The van der Waals surface area contributed by atoms with Crippen molar-refractivity contribution in [2.75, 3.05) is 17.2 Å². The summed E-state index contributed by atoms with van der Waals surface area (Å²) in [6.07, 6.45) is 2.48. The summed E-state index contributed by atoms with van der Waals surface area (Å²) in [7, 11) is 0. The molecule has 0 unspecified atom stereocenters. The summed E-state index contributed by atoms with van der Waals surface area (Å²) >= 11 is 0. The highest BCUT2D eigenvalue weighted by atomic mass is 19.2. The summed E-state index contributed by atoms with van der Waals surface area (Å²) in [5.41, 5.74) is 0.347. The van der Waals surface area contributed by atoms with Crippen molar-refractivity contribution < 1.29 is 18.0 Å². The number of benzene rings is 1. The molecule has 1 aromatic heterocycles. The molecule has 128 valence electrons. The van der Waals surface area contributed by atoms with Gasteiger partial charge < -0.3 is 10.6 Å². The maximum Gasteiger partial charge on any atom is 0.274 e. The first-order valence-electron chi connectivity index (χ1n) is 7.53. The molecule has 0 aliphatic rings. The number of hydrogen-bond acceptors (Lipinski definition) is 3. The molecule has 7 heteroatoms. The summed E-state index contributed by atoms with van der Waals surface area (Å²) in [5.74, 6) is -4.55. The number of hydrogen-bond donors (Lipinski definition) is 2. The molecule has 1 amide bonds. The lowest BCUT2D eigenvalue weighted by atomic mass is 10.1. The van der Waals surface area contributed by atoms with Gasteiger partial charge in [-0.25, -0.2) is 18.2 Å². The van der Waals surface area contributed by atoms with Gasteiger partial charge in [-0.1, -0.05) is 13.8 Å². The minimum absolute atomic E-state index is 0.0357. The van der Waals surface area contributed by atoms with Crippen LogP contribution in [0.1, 0.15) is 30.8 Å². The Morgan fingerprint density at radius 1 is 1.12 bits per heavy atom. The number of carbonyl (C=O) groups is 1. The Hall–Kier alpha value is -2.57. The van der Waals surface area contributed by atoms with E-state index in [1.165, 1.54) is 12.3 Å². The molecule has 2 rings (SSSR count). The smallest absolute Gasteiger partial charge is 0.274 e. The van der Waals surface area contributed by atoms with E-state index in [9.17, 15) is 18.0 Å². The number of rotatable bonds is 6. The summed E-state index contributed by atoms with van der Waals surface area (Å²) < 4.78 is 39.6. The first-order chi connectivity index (χ1) is 11.4. The van der Waals surface area contributed by atoms with Crippen LogP contribution in [0.4, 0.5) is 24.5 Å². The van der Waals surface area contributed by atoms with Crippen molar-refractivity contribution in [3.8, 4) is 0 Å². The predicted molar refractivity (Wildman–Crippen MR) is 86.5 cm³/mol. The number of pyridine rings is 1. The fourth-order valence-corrected chi connectivity index (χ4v) is 1.95. The maximum atomic E-state index is 13.5. The molecule has 0 fully saturated rings. The first kappa shape index (κ1) is 17.8. The van der Waals surface area contributed by atoms with Crippen molar-refractivity contribution in [3.05, 3.63) is 53.6 Å². The van der Waals surface area contributed by atoms with Gasteiger partial charge in [-0.15, -0.1) is 0 Å². The molecular formula is C17H18F3N3O. The van der Waals surface area contributed by atoms with Crippen molar-refractivity contribution in [1.82, 2.24) is 4.98 Å². The van der Waals surface area contributed by atoms with E-state index in [0.717, 1.165) is 30.8 Å². The molecule has 2 N–H and O–H groups in total. The number of anilines is 2. The van der Waals surface area contributed by atoms with Gasteiger partial charge in [0.15, 0.2) is 17.5 Å². The van der Waals surface area contributed by atoms with E-state index in [4.69, 9.17) is 0 Å². The minimum atomic E-state index is -1.63. The standard InChI is InChI=1S/C17H18F3N3O/c1-10(2)7-8-21-11-3-5-14(22-9-11)17(24)23-13-6-4-12(18)15(19)16(13)20/h3-6,9-10,21H,7-8H2,1-2H3,(H,23,24). The van der Waals surface area contributed by atoms with Gasteiger partial charge in [0.05, 0.1) is 17.6 Å². The Labute approximate surface area is 138 Å². The highest BCUT2D eigenvalue weighted by molar-refractivity contribution is 6.03. The summed E-state index contributed by atoms with van der Waals surface area (Å²) in [5, 5.41) is 5.34. The third-order valence-corrected chi connectivity index (χ3v) is 3.33. The molecule has 1 aromatic carbocycles. The summed E-state index contributed by atoms with van der Waals surface area (Å²) in [4.78, 5) is 16.0. The average Bonchev–Trinajstić information content (AvgIpc) is 2.55. The van der Waals surface area contributed by atoms with E-state index < -0.39 is 29.0 Å². The SMILES string of the molecule is CC(C)CCNc1ccc(C(=O)Nc2ccc(F)c(F)c2F)nc1. The van der Waals surface area contributed by atoms with E-state index in [1.807, 2.05) is 0 Å². The molecule has 0 radical (unpaired) electrons. The number of nitrogens with one attached hydrogen (secondary N) is 2. The van der Waals surface area contributed by atoms with Crippen LogP contribution in [0.15, 0.2) is 30.5 Å². The van der Waals surface area contributed by atoms with E-state index >= 15 is 0 Å². The lowest BCUT2D eigenvalue weighted by molar-refractivity contribution is 0.102. The van der Waals surface area contributed by atoms with Crippen LogP contribution in [0.5, 0.6) is 0 Å². The third kappa shape index (κ3) is 4.47. The zero-order chi connectivity index (χ0) is 17.7. The van der Waals surface area contributed by atoms with E-state index in [1.54, 1.807) is 6.07 Å². The topological polar surface area (TPSA) is 54.0 Å². The van der Waals surface area contributed by atoms with E-state index in [-0.39, 0.29) is 5.69 Å². The van der Waals surface area contributed by atoms with Crippen LogP contribution in [0.25, 0.3) is 0 Å². The second-order valence-electron chi connectivity index (χ2n) is 5.72. The van der Waals surface area contributed by atoms with Crippen LogP contribution in [-0.2, 0) is 0 Å². The molecule has 0 saturated heterocycles. The molecule has 2 aromatic rings. The van der Waals surface area contributed by atoms with E-state index in [0.29, 0.717) is 5.92 Å². The van der Waals surface area contributed by atoms with Crippen molar-refractivity contribution >= 4 is 17.3 Å². The molecule has 0 saturated carbocycles. The van der Waals surface area contributed by atoms with Gasteiger partial charge in [-0.2, -0.15) is 0 Å². The molecule has 24 heavy (non-hydrogen) atoms. The molecule has 0 aliphatic heterocycles. The Kier molecular flexibility index (Phi) is 5.78. The van der Waals surface area contributed by atoms with Crippen molar-refractivity contribution in [2.24, 2.45) is 5.92 Å². The number of halogens is 3. The Balaban J connectivity index is 2.01. The summed E-state index contributed by atoms with van der Waals surface area (Å²) in [6.45, 7) is 5.01. The van der Waals surface area contributed by atoms with Crippen molar-refractivity contribution in [3.63, 3.8) is 0 Å². The van der Waals surface area contributed by atoms with Crippen LogP contribution in [0, 0.1) is 23.4 Å². The second-order valence-corrected chi connectivity index (χ2v) is 5.72. The van der Waals surface area contributed by atoms with Crippen LogP contribution in [-0.4, -0.2) is 17.4 Å². The Morgan fingerprint density at radius 3 is 2.50 bits per heavy atom. The fraction of sp³-hybridized carbons (Fsp3) is 0.294. The minimum Gasteiger partial charge on any atom is -0.384 e. The fourth-order valence-electron chi connectivity index (χ4n) is 1.95. The zero-order valence-corrected chi connectivity index (χ0v) is 13.4. The van der Waals surface area contributed by atoms with Crippen LogP contribution >= 0.6 is 0 Å². The lowest BCUT2D eigenvalue weighted by Gasteiger charge is -2.09. The van der Waals surface area contributed by atoms with E-state index in [2.05, 4.69) is 29.5 Å². The highest BCUT2D eigenvalue weighted by Crippen LogP contribution is 2.20. The predicted octanol–water partition coefficient (Wildman–Crippen LogP) is 4.21. The van der Waals surface area contributed by atoms with Gasteiger partial charge in [0, 0.05) is 6.54 Å². The number of nitrogens with zero attached hydrogens (tertiary/aromatic N) is 1. The third-order valence-electron chi connectivity index (χ3n) is 3.33. The monoisotopic (exact) mass is 337 g/mol. The number of aromatic nitrogens is 1. The molecular weight excluding hydrogens is 319 g/mol. The number of carbonyl (C=O) groups excluding carboxylic acids is 1. The number of amides is 1. The average molecular weight is 337 g/mol. The quantitative estimate of drug-likeness (QED) is 0.777. The van der Waals surface area contributed by atoms with Gasteiger partial charge >= 0.3 is 0 Å². The lowest BCUT2D eigenvalue weighted by Crippen LogP contribution is -2.15. The first-order valence-corrected chi connectivity index (χ1v) is 7.53. The van der Waals surface area contributed by atoms with Crippen molar-refractivity contribution in [2.45, 2.75) is 20.3 Å². The Bertz CT molecular complexity index is 718. The van der Waals surface area contributed by atoms with Gasteiger partial charge in [0.1, 0.15) is 5.69 Å². The molecule has 4 nitrogen and oxygen atoms in total. The highest BCUT2D eigenvalue weighted by Gasteiger charge is 2.16. The normalized spacial score (nSPS) is 10.8. The van der Waals surface area contributed by atoms with Crippen molar-refractivity contribution in [1.29, 1.82) is 0 Å². The van der Waals surface area contributed by atoms with Gasteiger partial charge in [-0.3, -0.25) is 4.79 Å². The largest absolute Gasteiger partial charge is 0.384 e. The molecule has 1 heterocycles. The second kappa shape index (κ2) is 7.81. The zero-order valence-electron chi connectivity index (χ0n) is 13.4. The molecule has 0 aliphatic carbocycles. The Morgan fingerprint density at radius 2 is 1.88 bits per heavy atom. The van der Waals surface area contributed by atoms with Crippen LogP contribution in [0.3, 0.4) is 0 Å². The van der Waals surface area contributed by atoms with Gasteiger partial charge in [0.2, 0.25) is 0 Å². The maximum absolute atomic E-state index is 13.5. The molecule has 0 spiro atoms. The van der Waals surface area contributed by atoms with Gasteiger partial charge in [-0.05, 0) is 36.6 Å².